The minimum atomic E-state index is -0.0485. The molecule has 0 N–H and O–H groups in total. The van der Waals surface area contributed by atoms with Gasteiger partial charge in [-0.25, -0.2) is 0 Å². The lowest BCUT2D eigenvalue weighted by molar-refractivity contribution is -0.117. The number of nitrogens with zero attached hydrogens (tertiary/aromatic N) is 4. The maximum atomic E-state index is 11.9. The Kier molecular flexibility index (Phi) is 4.42. The summed E-state index contributed by atoms with van der Waals surface area (Å²) in [6.45, 7) is 0.778. The molecule has 19 heavy (non-hydrogen) atoms. The van der Waals surface area contributed by atoms with Crippen molar-refractivity contribution in [1.29, 1.82) is 0 Å². The van der Waals surface area contributed by atoms with Crippen LogP contribution in [0.1, 0.15) is 6.42 Å². The van der Waals surface area contributed by atoms with Crippen LogP contribution >= 0.6 is 34.8 Å². The first-order valence-electron chi connectivity index (χ1n) is 5.48. The number of benzene rings is 1. The largest absolute Gasteiger partial charge is 0.312 e. The van der Waals surface area contributed by atoms with Crippen LogP contribution in [-0.4, -0.2) is 19.0 Å². The lowest BCUT2D eigenvalue weighted by Gasteiger charge is -2.17. The normalized spacial score (nSPS) is 18.6. The van der Waals surface area contributed by atoms with Gasteiger partial charge in [-0.15, -0.1) is 0 Å². The summed E-state index contributed by atoms with van der Waals surface area (Å²) in [5.74, 6) is -0.0378. The summed E-state index contributed by atoms with van der Waals surface area (Å²) in [6.07, 6.45) is 0.344. The van der Waals surface area contributed by atoms with Crippen LogP contribution < -0.4 is 4.90 Å². The molecule has 0 spiro atoms. The monoisotopic (exact) mass is 318 g/mol. The van der Waals surface area contributed by atoms with Crippen molar-refractivity contribution in [2.24, 2.45) is 11.0 Å². The van der Waals surface area contributed by atoms with Gasteiger partial charge in [0.1, 0.15) is 0 Å². The average Bonchev–Trinajstić information content (AvgIpc) is 2.74. The highest BCUT2D eigenvalue weighted by Crippen LogP contribution is 2.36. The zero-order chi connectivity index (χ0) is 14.0. The molecule has 1 aromatic rings. The molecule has 8 heteroatoms. The van der Waals surface area contributed by atoms with E-state index in [1.54, 1.807) is 17.0 Å². The smallest absolute Gasteiger partial charge is 0.227 e. The summed E-state index contributed by atoms with van der Waals surface area (Å²) in [7, 11) is 0. The van der Waals surface area contributed by atoms with E-state index in [1.807, 2.05) is 0 Å². The number of azide groups is 1. The summed E-state index contributed by atoms with van der Waals surface area (Å²) in [5.41, 5.74) is 8.89. The maximum Gasteiger partial charge on any atom is 0.227 e. The van der Waals surface area contributed by atoms with E-state index in [1.165, 1.54) is 0 Å². The van der Waals surface area contributed by atoms with Crippen molar-refractivity contribution < 1.29 is 4.79 Å². The summed E-state index contributed by atoms with van der Waals surface area (Å²) < 4.78 is 0. The Balaban J connectivity index is 2.23. The van der Waals surface area contributed by atoms with E-state index < -0.39 is 0 Å². The van der Waals surface area contributed by atoms with Crippen LogP contribution in [-0.2, 0) is 4.79 Å². The van der Waals surface area contributed by atoms with Crippen LogP contribution in [0.2, 0.25) is 15.1 Å². The molecule has 1 unspecified atom stereocenters. The van der Waals surface area contributed by atoms with Crippen molar-refractivity contribution in [3.05, 3.63) is 37.6 Å². The molecule has 1 heterocycles. The Bertz CT molecular complexity index is 548. The third kappa shape index (κ3) is 3.07. The number of hydrogen-bond donors (Lipinski definition) is 0. The van der Waals surface area contributed by atoms with Gasteiger partial charge in [0.15, 0.2) is 0 Å². The number of carbonyl (C=O) groups excluding carboxylic acids is 1. The van der Waals surface area contributed by atoms with Crippen molar-refractivity contribution in [2.75, 3.05) is 18.0 Å². The summed E-state index contributed by atoms with van der Waals surface area (Å²) in [4.78, 5) is 16.2. The second kappa shape index (κ2) is 5.88. The topological polar surface area (TPSA) is 69.1 Å². The lowest BCUT2D eigenvalue weighted by Crippen LogP contribution is -2.24. The van der Waals surface area contributed by atoms with Crippen molar-refractivity contribution in [1.82, 2.24) is 0 Å². The number of anilines is 1. The van der Waals surface area contributed by atoms with Crippen LogP contribution in [0.3, 0.4) is 0 Å². The molecule has 100 valence electrons. The van der Waals surface area contributed by atoms with Gasteiger partial charge >= 0.3 is 0 Å². The first-order chi connectivity index (χ1) is 9.02. The van der Waals surface area contributed by atoms with Crippen LogP contribution in [0.5, 0.6) is 0 Å². The van der Waals surface area contributed by atoms with Crippen molar-refractivity contribution in [2.45, 2.75) is 6.42 Å². The molecule has 1 aromatic carbocycles. The van der Waals surface area contributed by atoms with Gasteiger partial charge in [-0.05, 0) is 23.6 Å². The number of halogens is 3. The Morgan fingerprint density at radius 3 is 2.58 bits per heavy atom. The molecular formula is C11H9Cl3N4O. The van der Waals surface area contributed by atoms with Crippen molar-refractivity contribution >= 4 is 46.4 Å². The van der Waals surface area contributed by atoms with Crippen LogP contribution in [0.15, 0.2) is 17.2 Å². The van der Waals surface area contributed by atoms with Gasteiger partial charge in [-0.1, -0.05) is 39.9 Å². The fourth-order valence-corrected chi connectivity index (χ4v) is 2.59. The number of hydrogen-bond acceptors (Lipinski definition) is 2. The second-order valence-corrected chi connectivity index (χ2v) is 5.40. The van der Waals surface area contributed by atoms with Crippen LogP contribution in [0, 0.1) is 5.92 Å². The quantitative estimate of drug-likeness (QED) is 0.354. The predicted molar refractivity (Wildman–Crippen MR) is 75.9 cm³/mol. The zero-order valence-electron chi connectivity index (χ0n) is 9.68. The first-order valence-corrected chi connectivity index (χ1v) is 6.62. The summed E-state index contributed by atoms with van der Waals surface area (Å²) >= 11 is 17.8. The van der Waals surface area contributed by atoms with E-state index >= 15 is 0 Å². The van der Waals surface area contributed by atoms with E-state index in [9.17, 15) is 4.79 Å². The third-order valence-electron chi connectivity index (χ3n) is 2.89. The molecule has 0 aromatic heterocycles. The van der Waals surface area contributed by atoms with Gasteiger partial charge in [0, 0.05) is 30.1 Å². The second-order valence-electron chi connectivity index (χ2n) is 4.21. The van der Waals surface area contributed by atoms with Gasteiger partial charge in [-0.2, -0.15) is 0 Å². The fourth-order valence-electron chi connectivity index (χ4n) is 2.00. The molecule has 1 fully saturated rings. The van der Waals surface area contributed by atoms with E-state index in [-0.39, 0.29) is 16.8 Å². The molecule has 1 amide bonds. The van der Waals surface area contributed by atoms with Gasteiger partial charge in [0.25, 0.3) is 0 Å². The molecular weight excluding hydrogens is 311 g/mol. The van der Waals surface area contributed by atoms with Crippen LogP contribution in [0.4, 0.5) is 5.69 Å². The standard InChI is InChI=1S/C11H9Cl3N4O/c12-8-2-7(3-9(13)11(8)14)18-5-6(1-10(18)19)4-16-17-15/h2-3,6H,1,4-5H2. The molecule has 1 aliphatic heterocycles. The first kappa shape index (κ1) is 14.3. The third-order valence-corrected chi connectivity index (χ3v) is 4.09. The molecule has 0 aliphatic carbocycles. The lowest BCUT2D eigenvalue weighted by atomic mass is 10.1. The van der Waals surface area contributed by atoms with Gasteiger partial charge in [-0.3, -0.25) is 4.79 Å². The predicted octanol–water partition coefficient (Wildman–Crippen LogP) is 4.31. The van der Waals surface area contributed by atoms with Crippen molar-refractivity contribution in [3.8, 4) is 0 Å². The van der Waals surface area contributed by atoms with E-state index in [0.29, 0.717) is 35.2 Å². The highest BCUT2D eigenvalue weighted by Gasteiger charge is 2.30. The average molecular weight is 320 g/mol. The molecule has 0 bridgehead atoms. The minimum absolute atomic E-state index is 0.0108. The summed E-state index contributed by atoms with van der Waals surface area (Å²) in [5, 5.41) is 4.36. The molecule has 0 saturated carbocycles. The molecule has 2 rings (SSSR count). The van der Waals surface area contributed by atoms with Crippen LogP contribution in [0.25, 0.3) is 10.4 Å². The Labute approximate surface area is 124 Å². The van der Waals surface area contributed by atoms with E-state index in [4.69, 9.17) is 40.3 Å². The molecule has 5 nitrogen and oxygen atoms in total. The molecule has 1 aliphatic rings. The number of carbonyl (C=O) groups is 1. The minimum Gasteiger partial charge on any atom is -0.312 e. The number of amides is 1. The SMILES string of the molecule is [N-]=[N+]=NCC1CC(=O)N(c2cc(Cl)c(Cl)c(Cl)c2)C1. The van der Waals surface area contributed by atoms with Gasteiger partial charge in [0.05, 0.1) is 15.1 Å². The van der Waals surface area contributed by atoms with E-state index in [2.05, 4.69) is 10.0 Å². The Morgan fingerprint density at radius 1 is 1.37 bits per heavy atom. The van der Waals surface area contributed by atoms with Gasteiger partial charge < -0.3 is 4.90 Å². The summed E-state index contributed by atoms with van der Waals surface area (Å²) in [6, 6.07) is 3.20. The fraction of sp³-hybridized carbons (Fsp3) is 0.364. The van der Waals surface area contributed by atoms with E-state index in [0.717, 1.165) is 0 Å². The molecule has 1 atom stereocenters. The number of rotatable bonds is 3. The maximum absolute atomic E-state index is 11.9. The Hall–Kier alpha value is -1.13. The van der Waals surface area contributed by atoms with Crippen molar-refractivity contribution in [3.63, 3.8) is 0 Å². The highest BCUT2D eigenvalue weighted by atomic mass is 35.5. The Morgan fingerprint density at radius 2 is 2.00 bits per heavy atom. The zero-order valence-corrected chi connectivity index (χ0v) is 12.0. The van der Waals surface area contributed by atoms with Gasteiger partial charge in [0.2, 0.25) is 5.91 Å². The highest BCUT2D eigenvalue weighted by molar-refractivity contribution is 6.48. The molecule has 0 radical (unpaired) electrons. The molecule has 1 saturated heterocycles.